The van der Waals surface area contributed by atoms with Gasteiger partial charge < -0.3 is 31.1 Å². The number of aromatic amines is 1. The van der Waals surface area contributed by atoms with Gasteiger partial charge in [-0.3, -0.25) is 19.2 Å². The first-order chi connectivity index (χ1) is 21.4. The minimum atomic E-state index is -0.900. The van der Waals surface area contributed by atoms with Crippen LogP contribution in [0.3, 0.4) is 0 Å². The molecule has 45 heavy (non-hydrogen) atoms. The second-order valence-corrected chi connectivity index (χ2v) is 14.1. The number of allylic oxidation sites excluding steroid dienone is 2. The van der Waals surface area contributed by atoms with Gasteiger partial charge in [0, 0.05) is 70.1 Å². The smallest absolute Gasteiger partial charge is 0.303 e. The van der Waals surface area contributed by atoms with Crippen LogP contribution in [0.1, 0.15) is 75.4 Å². The summed E-state index contributed by atoms with van der Waals surface area (Å²) in [6, 6.07) is -0.212. The van der Waals surface area contributed by atoms with Crippen molar-refractivity contribution in [3.05, 3.63) is 56.2 Å². The van der Waals surface area contributed by atoms with Gasteiger partial charge in [0.15, 0.2) is 0 Å². The number of aliphatic carboxylic acids is 2. The lowest BCUT2D eigenvalue weighted by molar-refractivity contribution is -0.138. The van der Waals surface area contributed by atoms with Gasteiger partial charge in [-0.2, -0.15) is 24.4 Å². The Morgan fingerprint density at radius 1 is 0.978 bits per heavy atom. The van der Waals surface area contributed by atoms with Gasteiger partial charge in [-0.1, -0.05) is 6.92 Å². The molecule has 1 aromatic heterocycles. The average molecular weight is 655 g/mol. The van der Waals surface area contributed by atoms with Crippen molar-refractivity contribution in [2.24, 2.45) is 11.8 Å². The molecule has 1 aromatic rings. The van der Waals surface area contributed by atoms with E-state index in [4.69, 9.17) is 0 Å². The van der Waals surface area contributed by atoms with Crippen LogP contribution in [0.5, 0.6) is 0 Å². The second-order valence-electron chi connectivity index (χ2n) is 12.4. The van der Waals surface area contributed by atoms with Crippen LogP contribution in [0.25, 0.3) is 12.2 Å². The molecule has 5 atom stereocenters. The third kappa shape index (κ3) is 7.06. The van der Waals surface area contributed by atoms with Gasteiger partial charge in [0.2, 0.25) is 11.8 Å². The largest absolute Gasteiger partial charge is 0.481 e. The summed E-state index contributed by atoms with van der Waals surface area (Å²) in [7, 11) is 0. The number of rotatable bonds is 13. The first-order valence-corrected chi connectivity index (χ1v) is 17.2. The van der Waals surface area contributed by atoms with Crippen LogP contribution in [0.15, 0.2) is 33.7 Å². The standard InChI is InChI=1S/C33H42N4O6S2/c1-15-19(5-7-29(38)39)25(34-22(15)11-24-18(4)31(28-14-45-28)33(43)36-24)13-26-20(6-8-30(40)41)16(2)23(35-26)12-27-21(9-10-44)17(3)32(42)37-27/h12-13,17,21-22,24,28,34-35,44H,5-11,14H2,1-4H3,(H,36,43)(H,37,42)(H,38,39)(H,40,41)/b25-13-,27-12-/t17-,21-,22?,24-,28-/m1/s1. The Morgan fingerprint density at radius 2 is 1.64 bits per heavy atom. The van der Waals surface area contributed by atoms with E-state index in [1.807, 2.05) is 39.8 Å². The molecule has 0 radical (unpaired) electrons. The number of H-pyrrole nitrogens is 1. The third-order valence-corrected chi connectivity index (χ3v) is 10.8. The SMILES string of the molecule is CC1=C(CCC(=O)O)/C(=C/c2[nH]c(/C=C3\NC(=O)[C@H](C)[C@H]3CCS)c(C)c2CCC(=O)O)NC1C[C@H]1NC(=O)C([C@H]2CS2)=C1C. The summed E-state index contributed by atoms with van der Waals surface area (Å²) in [6.07, 6.45) is 5.84. The molecule has 5 rings (SSSR count). The Morgan fingerprint density at radius 3 is 2.29 bits per heavy atom. The normalized spacial score (nSPS) is 27.9. The average Bonchev–Trinajstić information content (AvgIpc) is 3.56. The monoisotopic (exact) mass is 654 g/mol. The van der Waals surface area contributed by atoms with Crippen molar-refractivity contribution in [1.29, 1.82) is 0 Å². The zero-order valence-corrected chi connectivity index (χ0v) is 27.8. The van der Waals surface area contributed by atoms with Crippen LogP contribution >= 0.6 is 24.4 Å². The number of aromatic nitrogens is 1. The molecule has 4 aliphatic heterocycles. The molecule has 5 heterocycles. The Balaban J connectivity index is 1.49. The van der Waals surface area contributed by atoms with Gasteiger partial charge in [0.25, 0.3) is 0 Å². The first-order valence-electron chi connectivity index (χ1n) is 15.5. The fourth-order valence-corrected chi connectivity index (χ4v) is 7.82. The highest BCUT2D eigenvalue weighted by Crippen LogP contribution is 2.42. The summed E-state index contributed by atoms with van der Waals surface area (Å²) >= 11 is 6.17. The summed E-state index contributed by atoms with van der Waals surface area (Å²) in [5.74, 6) is -0.348. The van der Waals surface area contributed by atoms with Crippen LogP contribution in [0.2, 0.25) is 0 Å². The van der Waals surface area contributed by atoms with Gasteiger partial charge in [0.05, 0.1) is 6.04 Å². The zero-order chi connectivity index (χ0) is 32.6. The van der Waals surface area contributed by atoms with E-state index in [1.165, 1.54) is 0 Å². The Bertz CT molecular complexity index is 1550. The van der Waals surface area contributed by atoms with Crippen LogP contribution in [0, 0.1) is 18.8 Å². The number of carboxylic acids is 2. The van der Waals surface area contributed by atoms with E-state index < -0.39 is 11.9 Å². The van der Waals surface area contributed by atoms with Crippen molar-refractivity contribution in [1.82, 2.24) is 20.9 Å². The van der Waals surface area contributed by atoms with E-state index in [-0.39, 0.29) is 53.8 Å². The summed E-state index contributed by atoms with van der Waals surface area (Å²) in [5.41, 5.74) is 8.80. The van der Waals surface area contributed by atoms with Crippen molar-refractivity contribution in [3.8, 4) is 0 Å². The molecule has 242 valence electrons. The number of amides is 2. The molecule has 2 fully saturated rings. The number of carbonyl (C=O) groups excluding carboxylic acids is 2. The van der Waals surface area contributed by atoms with Gasteiger partial charge >= 0.3 is 11.9 Å². The van der Waals surface area contributed by atoms with E-state index in [0.29, 0.717) is 25.0 Å². The number of nitrogens with one attached hydrogen (secondary N) is 4. The van der Waals surface area contributed by atoms with Gasteiger partial charge in [-0.15, -0.1) is 0 Å². The van der Waals surface area contributed by atoms with Crippen LogP contribution < -0.4 is 16.0 Å². The molecule has 2 amide bonds. The Hall–Kier alpha value is -3.38. The third-order valence-electron chi connectivity index (χ3n) is 9.62. The van der Waals surface area contributed by atoms with Crippen molar-refractivity contribution < 1.29 is 29.4 Å². The Labute approximate surface area is 273 Å². The van der Waals surface area contributed by atoms with Crippen LogP contribution in [-0.2, 0) is 25.6 Å². The molecular weight excluding hydrogens is 613 g/mol. The lowest BCUT2D eigenvalue weighted by Gasteiger charge is -2.20. The minimum absolute atomic E-state index is 0.00466. The molecule has 0 spiro atoms. The molecular formula is C33H42N4O6S2. The molecule has 0 aromatic carbocycles. The highest BCUT2D eigenvalue weighted by atomic mass is 32.2. The molecule has 6 N–H and O–H groups in total. The van der Waals surface area contributed by atoms with Crippen molar-refractivity contribution >= 4 is 60.3 Å². The minimum Gasteiger partial charge on any atom is -0.481 e. The van der Waals surface area contributed by atoms with Gasteiger partial charge in [-0.05, 0) is 92.2 Å². The highest BCUT2D eigenvalue weighted by molar-refractivity contribution is 8.07. The molecule has 10 nitrogen and oxygen atoms in total. The maximum absolute atomic E-state index is 12.7. The maximum Gasteiger partial charge on any atom is 0.303 e. The second kappa shape index (κ2) is 13.5. The number of carboxylic acid groups (broad SMARTS) is 2. The van der Waals surface area contributed by atoms with Crippen molar-refractivity contribution in [3.63, 3.8) is 0 Å². The van der Waals surface area contributed by atoms with E-state index in [0.717, 1.165) is 68.4 Å². The molecule has 4 aliphatic rings. The Kier molecular flexibility index (Phi) is 9.93. The van der Waals surface area contributed by atoms with Gasteiger partial charge in [-0.25, -0.2) is 0 Å². The lowest BCUT2D eigenvalue weighted by atomic mass is 9.91. The zero-order valence-electron chi connectivity index (χ0n) is 26.1. The summed E-state index contributed by atoms with van der Waals surface area (Å²) < 4.78 is 0. The number of hydrogen-bond donors (Lipinski definition) is 7. The van der Waals surface area contributed by atoms with E-state index in [9.17, 15) is 29.4 Å². The number of hydrogen-bond acceptors (Lipinski definition) is 7. The molecule has 12 heteroatoms. The fourth-order valence-electron chi connectivity index (χ4n) is 6.82. The maximum atomic E-state index is 12.7. The van der Waals surface area contributed by atoms with Crippen molar-refractivity contribution in [2.75, 3.05) is 11.5 Å². The number of thioether (sulfide) groups is 1. The van der Waals surface area contributed by atoms with Gasteiger partial charge in [0.1, 0.15) is 0 Å². The van der Waals surface area contributed by atoms with Crippen LogP contribution in [-0.4, -0.2) is 67.8 Å². The van der Waals surface area contributed by atoms with Crippen LogP contribution in [0.4, 0.5) is 0 Å². The molecule has 0 bridgehead atoms. The predicted molar refractivity (Wildman–Crippen MR) is 179 cm³/mol. The molecule has 0 aliphatic carbocycles. The summed E-state index contributed by atoms with van der Waals surface area (Å²) in [6.45, 7) is 7.89. The van der Waals surface area contributed by atoms with E-state index in [2.05, 4.69) is 33.6 Å². The highest BCUT2D eigenvalue weighted by Gasteiger charge is 2.41. The predicted octanol–water partition coefficient (Wildman–Crippen LogP) is 4.20. The molecule has 1 unspecified atom stereocenters. The number of carbonyl (C=O) groups is 4. The first kappa shape index (κ1) is 33.0. The quantitative estimate of drug-likeness (QED) is 0.123. The van der Waals surface area contributed by atoms with E-state index >= 15 is 0 Å². The molecule has 0 saturated carbocycles. The van der Waals surface area contributed by atoms with E-state index in [1.54, 1.807) is 11.8 Å². The summed E-state index contributed by atoms with van der Waals surface area (Å²) in [4.78, 5) is 51.9. The number of thiol groups is 1. The van der Waals surface area contributed by atoms with Crippen molar-refractivity contribution in [2.45, 2.75) is 83.6 Å². The lowest BCUT2D eigenvalue weighted by Crippen LogP contribution is -2.36. The topological polar surface area (TPSA) is 161 Å². The molecule has 2 saturated heterocycles. The fraction of sp³-hybridized carbons (Fsp3) is 0.515. The summed E-state index contributed by atoms with van der Waals surface area (Å²) in [5, 5.41) is 29.0.